The molecule has 2 N–H and O–H groups in total. The summed E-state index contributed by atoms with van der Waals surface area (Å²) >= 11 is 0. The van der Waals surface area contributed by atoms with Crippen LogP contribution in [0.1, 0.15) is 25.7 Å². The van der Waals surface area contributed by atoms with Crippen LogP contribution in [-0.4, -0.2) is 42.2 Å². The van der Waals surface area contributed by atoms with Crippen LogP contribution in [-0.2, 0) is 14.3 Å². The SMILES string of the molecule is O=C(O)CCCOC(=O)OCCCCO. The second-order valence-electron chi connectivity index (χ2n) is 2.87. The van der Waals surface area contributed by atoms with Gasteiger partial charge in [-0.05, 0) is 19.3 Å². The van der Waals surface area contributed by atoms with Crippen molar-refractivity contribution in [2.45, 2.75) is 25.7 Å². The summed E-state index contributed by atoms with van der Waals surface area (Å²) in [7, 11) is 0. The van der Waals surface area contributed by atoms with Crippen molar-refractivity contribution in [1.29, 1.82) is 0 Å². The standard InChI is InChI=1S/C9H16O6/c10-5-1-2-6-14-9(13)15-7-3-4-8(11)12/h10H,1-7H2,(H,11,12). The number of aliphatic hydroxyl groups is 1. The summed E-state index contributed by atoms with van der Waals surface area (Å²) < 4.78 is 9.22. The van der Waals surface area contributed by atoms with Crippen LogP contribution in [0.2, 0.25) is 0 Å². The molecule has 0 fully saturated rings. The van der Waals surface area contributed by atoms with E-state index in [9.17, 15) is 9.59 Å². The van der Waals surface area contributed by atoms with E-state index in [2.05, 4.69) is 9.47 Å². The van der Waals surface area contributed by atoms with Crippen molar-refractivity contribution in [2.75, 3.05) is 19.8 Å². The van der Waals surface area contributed by atoms with Gasteiger partial charge in [0.15, 0.2) is 0 Å². The number of unbranched alkanes of at least 4 members (excludes halogenated alkanes) is 1. The van der Waals surface area contributed by atoms with E-state index < -0.39 is 12.1 Å². The Bertz CT molecular complexity index is 191. The van der Waals surface area contributed by atoms with Gasteiger partial charge in [0, 0.05) is 13.0 Å². The van der Waals surface area contributed by atoms with Crippen LogP contribution in [0.25, 0.3) is 0 Å². The number of aliphatic carboxylic acids is 1. The largest absolute Gasteiger partial charge is 0.508 e. The van der Waals surface area contributed by atoms with E-state index in [1.54, 1.807) is 0 Å². The van der Waals surface area contributed by atoms with Crippen LogP contribution in [0.3, 0.4) is 0 Å². The van der Waals surface area contributed by atoms with Gasteiger partial charge in [0.2, 0.25) is 0 Å². The van der Waals surface area contributed by atoms with Crippen molar-refractivity contribution in [2.24, 2.45) is 0 Å². The van der Waals surface area contributed by atoms with Gasteiger partial charge in [-0.15, -0.1) is 0 Å². The van der Waals surface area contributed by atoms with E-state index >= 15 is 0 Å². The molecule has 0 rings (SSSR count). The molecule has 0 bridgehead atoms. The Morgan fingerprint density at radius 3 is 2.13 bits per heavy atom. The first-order valence-electron chi connectivity index (χ1n) is 4.79. The quantitative estimate of drug-likeness (QED) is 0.463. The van der Waals surface area contributed by atoms with E-state index in [0.717, 1.165) is 0 Å². The van der Waals surface area contributed by atoms with Crippen LogP contribution in [0, 0.1) is 0 Å². The van der Waals surface area contributed by atoms with Gasteiger partial charge in [0.25, 0.3) is 0 Å². The van der Waals surface area contributed by atoms with Gasteiger partial charge in [-0.2, -0.15) is 0 Å². The third-order valence-electron chi connectivity index (χ3n) is 1.53. The number of hydrogen-bond donors (Lipinski definition) is 2. The molecule has 0 aromatic carbocycles. The fraction of sp³-hybridized carbons (Fsp3) is 0.778. The lowest BCUT2D eigenvalue weighted by Crippen LogP contribution is -2.10. The zero-order valence-corrected chi connectivity index (χ0v) is 8.48. The van der Waals surface area contributed by atoms with Gasteiger partial charge in [-0.25, -0.2) is 4.79 Å². The highest BCUT2D eigenvalue weighted by atomic mass is 16.7. The number of rotatable bonds is 8. The molecule has 0 radical (unpaired) electrons. The number of ether oxygens (including phenoxy) is 2. The van der Waals surface area contributed by atoms with E-state index in [1.807, 2.05) is 0 Å². The van der Waals surface area contributed by atoms with E-state index in [0.29, 0.717) is 12.8 Å². The normalized spacial score (nSPS) is 9.67. The molecular formula is C9H16O6. The fourth-order valence-electron chi connectivity index (χ4n) is 0.790. The number of carbonyl (C=O) groups excluding carboxylic acids is 1. The van der Waals surface area contributed by atoms with Gasteiger partial charge >= 0.3 is 12.1 Å². The second-order valence-corrected chi connectivity index (χ2v) is 2.87. The Morgan fingerprint density at radius 1 is 1.00 bits per heavy atom. The summed E-state index contributed by atoms with van der Waals surface area (Å²) in [4.78, 5) is 20.9. The molecule has 0 amide bonds. The highest BCUT2D eigenvalue weighted by molar-refractivity contribution is 5.66. The van der Waals surface area contributed by atoms with Crippen molar-refractivity contribution in [1.82, 2.24) is 0 Å². The summed E-state index contributed by atoms with van der Waals surface area (Å²) in [5.41, 5.74) is 0. The first-order chi connectivity index (χ1) is 7.16. The summed E-state index contributed by atoms with van der Waals surface area (Å²) in [6, 6.07) is 0. The number of carbonyl (C=O) groups is 2. The van der Waals surface area contributed by atoms with E-state index in [-0.39, 0.29) is 32.7 Å². The van der Waals surface area contributed by atoms with Crippen LogP contribution in [0.15, 0.2) is 0 Å². The average Bonchev–Trinajstić information content (AvgIpc) is 2.19. The lowest BCUT2D eigenvalue weighted by Gasteiger charge is -2.04. The maximum Gasteiger partial charge on any atom is 0.508 e. The summed E-state index contributed by atoms with van der Waals surface area (Å²) in [5.74, 6) is -0.921. The monoisotopic (exact) mass is 220 g/mol. The Morgan fingerprint density at radius 2 is 1.60 bits per heavy atom. The number of carboxylic acid groups (broad SMARTS) is 1. The molecule has 15 heavy (non-hydrogen) atoms. The fourth-order valence-corrected chi connectivity index (χ4v) is 0.790. The molecule has 0 aliphatic rings. The Kier molecular flexibility index (Phi) is 8.46. The minimum absolute atomic E-state index is 0.0300. The molecule has 0 saturated heterocycles. The maximum absolute atomic E-state index is 10.8. The molecule has 0 aromatic rings. The summed E-state index contributed by atoms with van der Waals surface area (Å²) in [5, 5.41) is 16.7. The molecule has 0 aliphatic carbocycles. The minimum atomic E-state index is -0.921. The highest BCUT2D eigenvalue weighted by Crippen LogP contribution is 1.95. The van der Waals surface area contributed by atoms with Gasteiger partial charge in [-0.1, -0.05) is 0 Å². The van der Waals surface area contributed by atoms with Crippen molar-refractivity contribution in [3.63, 3.8) is 0 Å². The Hall–Kier alpha value is -1.30. The van der Waals surface area contributed by atoms with Gasteiger partial charge in [0.05, 0.1) is 13.2 Å². The predicted octanol–water partition coefficient (Wildman–Crippen LogP) is 0.777. The predicted molar refractivity (Wildman–Crippen MR) is 50.5 cm³/mol. The van der Waals surface area contributed by atoms with E-state index in [1.165, 1.54) is 0 Å². The van der Waals surface area contributed by atoms with Crippen molar-refractivity contribution in [3.05, 3.63) is 0 Å². The molecule has 0 aliphatic heterocycles. The third-order valence-corrected chi connectivity index (χ3v) is 1.53. The molecule has 6 nitrogen and oxygen atoms in total. The first kappa shape index (κ1) is 13.7. The Balaban J connectivity index is 3.22. The smallest absolute Gasteiger partial charge is 0.481 e. The Labute approximate surface area is 87.8 Å². The molecule has 0 heterocycles. The molecule has 0 spiro atoms. The maximum atomic E-state index is 10.8. The number of aliphatic hydroxyl groups excluding tert-OH is 1. The van der Waals surface area contributed by atoms with Crippen LogP contribution in [0.5, 0.6) is 0 Å². The summed E-state index contributed by atoms with van der Waals surface area (Å²) in [6.07, 6.45) is 0.615. The van der Waals surface area contributed by atoms with Crippen LogP contribution >= 0.6 is 0 Å². The zero-order chi connectivity index (χ0) is 11.5. The molecule has 0 atom stereocenters. The van der Waals surface area contributed by atoms with Crippen molar-refractivity contribution in [3.8, 4) is 0 Å². The molecule has 88 valence electrons. The molecule has 0 saturated carbocycles. The molecule has 0 unspecified atom stereocenters. The second kappa shape index (κ2) is 9.26. The average molecular weight is 220 g/mol. The first-order valence-corrected chi connectivity index (χ1v) is 4.79. The van der Waals surface area contributed by atoms with Gasteiger partial charge < -0.3 is 19.7 Å². The van der Waals surface area contributed by atoms with E-state index in [4.69, 9.17) is 10.2 Å². The van der Waals surface area contributed by atoms with Gasteiger partial charge in [0.1, 0.15) is 0 Å². The molecule has 0 aromatic heterocycles. The lowest BCUT2D eigenvalue weighted by atomic mass is 10.3. The highest BCUT2D eigenvalue weighted by Gasteiger charge is 2.03. The van der Waals surface area contributed by atoms with Gasteiger partial charge in [-0.3, -0.25) is 4.79 Å². The minimum Gasteiger partial charge on any atom is -0.481 e. The molecule has 6 heteroatoms. The lowest BCUT2D eigenvalue weighted by molar-refractivity contribution is -0.137. The van der Waals surface area contributed by atoms with Crippen molar-refractivity contribution >= 4 is 12.1 Å². The third kappa shape index (κ3) is 10.6. The van der Waals surface area contributed by atoms with Crippen molar-refractivity contribution < 1.29 is 29.3 Å². The number of carboxylic acids is 1. The molecular weight excluding hydrogens is 204 g/mol. The zero-order valence-electron chi connectivity index (χ0n) is 8.48. The topological polar surface area (TPSA) is 93.1 Å². The van der Waals surface area contributed by atoms with Crippen LogP contribution < -0.4 is 0 Å². The number of hydrogen-bond acceptors (Lipinski definition) is 5. The van der Waals surface area contributed by atoms with Crippen LogP contribution in [0.4, 0.5) is 4.79 Å². The summed E-state index contributed by atoms with van der Waals surface area (Å²) in [6.45, 7) is 0.320.